The molecular formula is C17H21NO3S2. The smallest absolute Gasteiger partial charge is 0.329 e. The average Bonchev–Trinajstić information content (AvgIpc) is 3.13. The molecule has 4 nitrogen and oxygen atoms in total. The summed E-state index contributed by atoms with van der Waals surface area (Å²) < 4.78 is 5.05. The van der Waals surface area contributed by atoms with Crippen LogP contribution in [-0.4, -0.2) is 46.5 Å². The first-order chi connectivity index (χ1) is 11.2. The molecule has 2 aliphatic rings. The lowest BCUT2D eigenvalue weighted by molar-refractivity contribution is -0.150. The molecule has 1 aliphatic carbocycles. The van der Waals surface area contributed by atoms with Gasteiger partial charge in [0.15, 0.2) is 6.61 Å². The van der Waals surface area contributed by atoms with Crippen molar-refractivity contribution in [3.63, 3.8) is 0 Å². The number of nitrogens with zero attached hydrogens (tertiary/aromatic N) is 1. The summed E-state index contributed by atoms with van der Waals surface area (Å²) in [5.41, 5.74) is 2.54. The fourth-order valence-corrected chi connectivity index (χ4v) is 5.67. The van der Waals surface area contributed by atoms with E-state index in [1.807, 2.05) is 19.2 Å². The summed E-state index contributed by atoms with van der Waals surface area (Å²) in [4.78, 5) is 26.1. The lowest BCUT2D eigenvalue weighted by Crippen LogP contribution is -2.36. The van der Waals surface area contributed by atoms with Gasteiger partial charge in [0.25, 0.3) is 5.91 Å². The van der Waals surface area contributed by atoms with Crippen molar-refractivity contribution < 1.29 is 14.3 Å². The minimum absolute atomic E-state index is 0.0846. The fraction of sp³-hybridized carbons (Fsp3) is 0.529. The normalized spacial score (nSPS) is 20.8. The van der Waals surface area contributed by atoms with Gasteiger partial charge in [0.2, 0.25) is 0 Å². The average molecular weight is 351 g/mol. The van der Waals surface area contributed by atoms with Crippen molar-refractivity contribution in [2.75, 3.05) is 25.2 Å². The maximum absolute atomic E-state index is 12.4. The highest BCUT2D eigenvalue weighted by molar-refractivity contribution is 8.21. The molecule has 0 N–H and O–H groups in total. The summed E-state index contributed by atoms with van der Waals surface area (Å²) in [5.74, 6) is 1.53. The number of ether oxygens (including phenoxy) is 1. The Labute approximate surface area is 145 Å². The van der Waals surface area contributed by atoms with Crippen LogP contribution >= 0.6 is 23.5 Å². The van der Waals surface area contributed by atoms with E-state index in [-0.39, 0.29) is 29.1 Å². The Bertz CT molecular complexity index is 587. The predicted molar refractivity (Wildman–Crippen MR) is 94.6 cm³/mol. The number of benzene rings is 1. The van der Waals surface area contributed by atoms with Crippen LogP contribution in [0, 0.1) is 0 Å². The molecule has 3 rings (SSSR count). The van der Waals surface area contributed by atoms with E-state index in [1.54, 1.807) is 28.4 Å². The van der Waals surface area contributed by atoms with Gasteiger partial charge in [-0.25, -0.2) is 4.79 Å². The quantitative estimate of drug-likeness (QED) is 0.781. The molecule has 124 valence electrons. The van der Waals surface area contributed by atoms with Gasteiger partial charge >= 0.3 is 5.97 Å². The van der Waals surface area contributed by atoms with Crippen molar-refractivity contribution >= 4 is 35.4 Å². The SMILES string of the molecule is CN(C(=O)COC(=O)C1SCCS1)[C@H]1CCCc2ccccc21. The van der Waals surface area contributed by atoms with Crippen LogP contribution in [0.1, 0.15) is 30.0 Å². The number of thioether (sulfide) groups is 2. The van der Waals surface area contributed by atoms with Gasteiger partial charge in [0, 0.05) is 18.6 Å². The second-order valence-electron chi connectivity index (χ2n) is 5.79. The molecule has 0 bridgehead atoms. The van der Waals surface area contributed by atoms with Gasteiger partial charge in [-0.05, 0) is 30.4 Å². The van der Waals surface area contributed by atoms with Gasteiger partial charge in [0.05, 0.1) is 6.04 Å². The molecule has 1 amide bonds. The summed E-state index contributed by atoms with van der Waals surface area (Å²) in [5, 5.41) is 0. The van der Waals surface area contributed by atoms with Gasteiger partial charge in [-0.2, -0.15) is 0 Å². The first-order valence-corrected chi connectivity index (χ1v) is 10.00. The third-order valence-corrected chi connectivity index (χ3v) is 7.30. The number of likely N-dealkylation sites (N-methyl/N-ethyl adjacent to an activating group) is 1. The standard InChI is InChI=1S/C17H21NO3S2/c1-18(14-8-4-6-12-5-2-3-7-13(12)14)15(19)11-21-16(20)17-22-9-10-23-17/h2-3,5,7,14,17H,4,6,8-11H2,1H3/t14-/m0/s1. The molecule has 1 saturated heterocycles. The number of carbonyl (C=O) groups is 2. The Balaban J connectivity index is 1.58. The largest absolute Gasteiger partial charge is 0.454 e. The van der Waals surface area contributed by atoms with Gasteiger partial charge in [-0.15, -0.1) is 23.5 Å². The van der Waals surface area contributed by atoms with Gasteiger partial charge in [0.1, 0.15) is 4.58 Å². The van der Waals surface area contributed by atoms with Crippen molar-refractivity contribution in [3.8, 4) is 0 Å². The number of rotatable bonds is 4. The highest BCUT2D eigenvalue weighted by Gasteiger charge is 2.29. The first-order valence-electron chi connectivity index (χ1n) is 7.90. The molecule has 23 heavy (non-hydrogen) atoms. The molecule has 0 unspecified atom stereocenters. The molecule has 1 fully saturated rings. The summed E-state index contributed by atoms with van der Waals surface area (Å²) in [6, 6.07) is 8.38. The van der Waals surface area contributed by atoms with Crippen LogP contribution in [0.3, 0.4) is 0 Å². The summed E-state index contributed by atoms with van der Waals surface area (Å²) in [7, 11) is 1.81. The third kappa shape index (κ3) is 3.86. The van der Waals surface area contributed by atoms with E-state index >= 15 is 0 Å². The Kier molecular flexibility index (Phi) is 5.54. The zero-order valence-corrected chi connectivity index (χ0v) is 14.8. The predicted octanol–water partition coefficient (Wildman–Crippen LogP) is 2.87. The Hall–Kier alpha value is -1.14. The van der Waals surface area contributed by atoms with E-state index in [1.165, 1.54) is 11.1 Å². The molecular weight excluding hydrogens is 330 g/mol. The number of amides is 1. The number of aryl methyl sites for hydroxylation is 1. The maximum atomic E-state index is 12.4. The monoisotopic (exact) mass is 351 g/mol. The maximum Gasteiger partial charge on any atom is 0.329 e. The van der Waals surface area contributed by atoms with Crippen molar-refractivity contribution in [2.45, 2.75) is 29.9 Å². The summed E-state index contributed by atoms with van der Waals surface area (Å²) in [6.07, 6.45) is 3.11. The van der Waals surface area contributed by atoms with Crippen molar-refractivity contribution in [1.82, 2.24) is 4.90 Å². The fourth-order valence-electron chi connectivity index (χ4n) is 3.10. The number of carbonyl (C=O) groups excluding carboxylic acids is 2. The topological polar surface area (TPSA) is 46.6 Å². The van der Waals surface area contributed by atoms with E-state index in [4.69, 9.17) is 4.74 Å². The lowest BCUT2D eigenvalue weighted by atomic mass is 9.87. The summed E-state index contributed by atoms with van der Waals surface area (Å²) >= 11 is 3.19. The molecule has 6 heteroatoms. The van der Waals surface area contributed by atoms with Gasteiger partial charge < -0.3 is 9.64 Å². The number of fused-ring (bicyclic) bond motifs is 1. The van der Waals surface area contributed by atoms with Crippen LogP contribution in [0.5, 0.6) is 0 Å². The Morgan fingerprint density at radius 1 is 1.26 bits per heavy atom. The summed E-state index contributed by atoms with van der Waals surface area (Å²) in [6.45, 7) is -0.161. The lowest BCUT2D eigenvalue weighted by Gasteiger charge is -2.33. The van der Waals surface area contributed by atoms with Crippen LogP contribution in [0.15, 0.2) is 24.3 Å². The van der Waals surface area contributed by atoms with E-state index in [0.717, 1.165) is 30.8 Å². The molecule has 1 aromatic carbocycles. The third-order valence-electron chi connectivity index (χ3n) is 4.35. The van der Waals surface area contributed by atoms with E-state index < -0.39 is 0 Å². The molecule has 0 aromatic heterocycles. The zero-order chi connectivity index (χ0) is 16.2. The Morgan fingerprint density at radius 3 is 2.78 bits per heavy atom. The van der Waals surface area contributed by atoms with Crippen LogP contribution < -0.4 is 0 Å². The second kappa shape index (κ2) is 7.62. The molecule has 0 radical (unpaired) electrons. The van der Waals surface area contributed by atoms with E-state index in [9.17, 15) is 9.59 Å². The van der Waals surface area contributed by atoms with Crippen LogP contribution in [0.25, 0.3) is 0 Å². The highest BCUT2D eigenvalue weighted by atomic mass is 32.2. The zero-order valence-electron chi connectivity index (χ0n) is 13.2. The molecule has 1 aromatic rings. The molecule has 1 atom stereocenters. The van der Waals surface area contributed by atoms with Crippen molar-refractivity contribution in [1.29, 1.82) is 0 Å². The van der Waals surface area contributed by atoms with Crippen LogP contribution in [0.4, 0.5) is 0 Å². The van der Waals surface area contributed by atoms with Gasteiger partial charge in [-0.1, -0.05) is 24.3 Å². The number of hydrogen-bond acceptors (Lipinski definition) is 5. The number of hydrogen-bond donors (Lipinski definition) is 0. The molecule has 1 aliphatic heterocycles. The van der Waals surface area contributed by atoms with Crippen LogP contribution in [0.2, 0.25) is 0 Å². The van der Waals surface area contributed by atoms with E-state index in [0.29, 0.717) is 0 Å². The minimum atomic E-state index is -0.275. The second-order valence-corrected chi connectivity index (χ2v) is 8.52. The molecule has 1 heterocycles. The van der Waals surface area contributed by atoms with Crippen molar-refractivity contribution in [3.05, 3.63) is 35.4 Å². The van der Waals surface area contributed by atoms with E-state index in [2.05, 4.69) is 12.1 Å². The van der Waals surface area contributed by atoms with Crippen molar-refractivity contribution in [2.24, 2.45) is 0 Å². The van der Waals surface area contributed by atoms with Crippen LogP contribution in [-0.2, 0) is 20.7 Å². The highest BCUT2D eigenvalue weighted by Crippen LogP contribution is 2.34. The number of esters is 1. The Morgan fingerprint density at radius 2 is 2.00 bits per heavy atom. The molecule has 0 spiro atoms. The van der Waals surface area contributed by atoms with Gasteiger partial charge in [-0.3, -0.25) is 4.79 Å². The first kappa shape index (κ1) is 16.7. The molecule has 0 saturated carbocycles. The minimum Gasteiger partial charge on any atom is -0.454 e.